The second kappa shape index (κ2) is 8.63. The van der Waals surface area contributed by atoms with Gasteiger partial charge in [0.2, 0.25) is 0 Å². The molecule has 4 rings (SSSR count). The van der Waals surface area contributed by atoms with Crippen molar-refractivity contribution in [2.45, 2.75) is 44.3 Å². The standard InChI is InChI=1S/C20H28N6O/c27-20(19-6-12-23-26(19)18-4-10-21-11-5-18)24-16-7-13-25(14-8-16)15-17-3-1-2-9-22-17/h1-3,6,9,12,16,18,21H,4-5,7-8,10-11,13-15H2,(H,24,27). The number of amides is 1. The summed E-state index contributed by atoms with van der Waals surface area (Å²) in [6.45, 7) is 4.81. The Hall–Kier alpha value is -2.25. The number of rotatable bonds is 5. The predicted molar refractivity (Wildman–Crippen MR) is 103 cm³/mol. The first-order chi connectivity index (χ1) is 13.3. The fourth-order valence-electron chi connectivity index (χ4n) is 4.05. The summed E-state index contributed by atoms with van der Waals surface area (Å²) in [5.41, 5.74) is 1.80. The molecule has 2 N–H and O–H groups in total. The molecule has 0 radical (unpaired) electrons. The third kappa shape index (κ3) is 4.54. The lowest BCUT2D eigenvalue weighted by molar-refractivity contribution is 0.0893. The van der Waals surface area contributed by atoms with Gasteiger partial charge in [0.1, 0.15) is 5.69 Å². The van der Waals surface area contributed by atoms with Gasteiger partial charge in [-0.25, -0.2) is 0 Å². The quantitative estimate of drug-likeness (QED) is 0.838. The first-order valence-corrected chi connectivity index (χ1v) is 9.97. The summed E-state index contributed by atoms with van der Waals surface area (Å²) < 4.78 is 1.92. The Balaban J connectivity index is 1.29. The summed E-state index contributed by atoms with van der Waals surface area (Å²) in [6, 6.07) is 8.43. The molecule has 0 spiro atoms. The van der Waals surface area contributed by atoms with Crippen LogP contribution in [0.15, 0.2) is 36.7 Å². The molecular weight excluding hydrogens is 340 g/mol. The van der Waals surface area contributed by atoms with E-state index in [9.17, 15) is 4.79 Å². The monoisotopic (exact) mass is 368 g/mol. The Morgan fingerprint density at radius 2 is 1.93 bits per heavy atom. The average molecular weight is 368 g/mol. The lowest BCUT2D eigenvalue weighted by Crippen LogP contribution is -2.45. The summed E-state index contributed by atoms with van der Waals surface area (Å²) in [4.78, 5) is 19.6. The van der Waals surface area contributed by atoms with Gasteiger partial charge in [-0.1, -0.05) is 6.07 Å². The number of hydrogen-bond acceptors (Lipinski definition) is 5. The number of carbonyl (C=O) groups excluding carboxylic acids is 1. The second-order valence-electron chi connectivity index (χ2n) is 7.49. The number of likely N-dealkylation sites (tertiary alicyclic amines) is 1. The van der Waals surface area contributed by atoms with Gasteiger partial charge in [-0.3, -0.25) is 19.4 Å². The van der Waals surface area contributed by atoms with Gasteiger partial charge in [0.15, 0.2) is 0 Å². The molecule has 2 fully saturated rings. The number of pyridine rings is 1. The third-order valence-corrected chi connectivity index (χ3v) is 5.59. The molecule has 0 aliphatic carbocycles. The highest BCUT2D eigenvalue weighted by atomic mass is 16.2. The zero-order valence-corrected chi connectivity index (χ0v) is 15.7. The Morgan fingerprint density at radius 1 is 1.11 bits per heavy atom. The van der Waals surface area contributed by atoms with E-state index >= 15 is 0 Å². The fraction of sp³-hybridized carbons (Fsp3) is 0.550. The lowest BCUT2D eigenvalue weighted by Gasteiger charge is -2.32. The maximum Gasteiger partial charge on any atom is 0.269 e. The van der Waals surface area contributed by atoms with Crippen molar-refractivity contribution in [3.63, 3.8) is 0 Å². The van der Waals surface area contributed by atoms with E-state index in [4.69, 9.17) is 0 Å². The molecule has 2 aliphatic rings. The smallest absolute Gasteiger partial charge is 0.269 e. The van der Waals surface area contributed by atoms with Gasteiger partial charge in [-0.05, 0) is 57.0 Å². The Bertz CT molecular complexity index is 732. The second-order valence-corrected chi connectivity index (χ2v) is 7.49. The number of carbonyl (C=O) groups is 1. The topological polar surface area (TPSA) is 75.1 Å². The average Bonchev–Trinajstić information content (AvgIpc) is 3.21. The first-order valence-electron chi connectivity index (χ1n) is 9.97. The zero-order valence-electron chi connectivity index (χ0n) is 15.7. The molecule has 2 aromatic rings. The van der Waals surface area contributed by atoms with Crippen LogP contribution in [-0.4, -0.2) is 57.8 Å². The molecule has 0 unspecified atom stereocenters. The Labute approximate surface area is 160 Å². The summed E-state index contributed by atoms with van der Waals surface area (Å²) in [5, 5.41) is 11.0. The minimum Gasteiger partial charge on any atom is -0.348 e. The zero-order chi connectivity index (χ0) is 18.5. The molecule has 0 bridgehead atoms. The molecule has 0 saturated carbocycles. The molecule has 1 amide bonds. The van der Waals surface area contributed by atoms with Gasteiger partial charge in [0, 0.05) is 38.1 Å². The van der Waals surface area contributed by atoms with Crippen LogP contribution in [0.5, 0.6) is 0 Å². The predicted octanol–water partition coefficient (Wildman–Crippen LogP) is 1.60. The molecule has 2 aliphatic heterocycles. The SMILES string of the molecule is O=C(NC1CCN(Cc2ccccn2)CC1)c1ccnn1C1CCNCC1. The van der Waals surface area contributed by atoms with Crippen LogP contribution in [0.3, 0.4) is 0 Å². The van der Waals surface area contributed by atoms with Gasteiger partial charge in [0.05, 0.1) is 11.7 Å². The molecule has 2 saturated heterocycles. The van der Waals surface area contributed by atoms with Crippen LogP contribution < -0.4 is 10.6 Å². The summed E-state index contributed by atoms with van der Waals surface area (Å²) in [7, 11) is 0. The molecule has 27 heavy (non-hydrogen) atoms. The molecule has 2 aromatic heterocycles. The Kier molecular flexibility index (Phi) is 5.79. The van der Waals surface area contributed by atoms with Crippen LogP contribution in [0, 0.1) is 0 Å². The van der Waals surface area contributed by atoms with Gasteiger partial charge >= 0.3 is 0 Å². The number of piperidine rings is 2. The van der Waals surface area contributed by atoms with Gasteiger partial charge in [-0.2, -0.15) is 5.10 Å². The van der Waals surface area contributed by atoms with Crippen molar-refractivity contribution in [3.8, 4) is 0 Å². The minimum absolute atomic E-state index is 0.00853. The summed E-state index contributed by atoms with van der Waals surface area (Å²) >= 11 is 0. The molecular formula is C20H28N6O. The molecule has 0 atom stereocenters. The number of nitrogens with zero attached hydrogens (tertiary/aromatic N) is 4. The molecule has 7 heteroatoms. The fourth-order valence-corrected chi connectivity index (χ4v) is 4.05. The number of aromatic nitrogens is 3. The van der Waals surface area contributed by atoms with Crippen molar-refractivity contribution in [1.82, 2.24) is 30.3 Å². The molecule has 144 valence electrons. The maximum atomic E-state index is 12.8. The highest BCUT2D eigenvalue weighted by molar-refractivity contribution is 5.92. The third-order valence-electron chi connectivity index (χ3n) is 5.59. The maximum absolute atomic E-state index is 12.8. The minimum atomic E-state index is 0.00853. The van der Waals surface area contributed by atoms with E-state index < -0.39 is 0 Å². The van der Waals surface area contributed by atoms with Crippen LogP contribution in [0.25, 0.3) is 0 Å². The van der Waals surface area contributed by atoms with Crippen LogP contribution in [0.4, 0.5) is 0 Å². The van der Waals surface area contributed by atoms with E-state index in [0.29, 0.717) is 11.7 Å². The number of nitrogens with one attached hydrogen (secondary N) is 2. The molecule has 0 aromatic carbocycles. The summed E-state index contributed by atoms with van der Waals surface area (Å²) in [6.07, 6.45) is 7.57. The number of hydrogen-bond donors (Lipinski definition) is 2. The largest absolute Gasteiger partial charge is 0.348 e. The van der Waals surface area contributed by atoms with E-state index in [0.717, 1.165) is 64.1 Å². The first kappa shape index (κ1) is 18.1. The van der Waals surface area contributed by atoms with Crippen molar-refractivity contribution < 1.29 is 4.79 Å². The van der Waals surface area contributed by atoms with Gasteiger partial charge < -0.3 is 10.6 Å². The highest BCUT2D eigenvalue weighted by Crippen LogP contribution is 2.20. The van der Waals surface area contributed by atoms with Crippen LogP contribution in [0.1, 0.15) is 47.9 Å². The van der Waals surface area contributed by atoms with Gasteiger partial charge in [0.25, 0.3) is 5.91 Å². The van der Waals surface area contributed by atoms with Crippen molar-refractivity contribution in [2.75, 3.05) is 26.2 Å². The van der Waals surface area contributed by atoms with Crippen molar-refractivity contribution in [3.05, 3.63) is 48.0 Å². The normalized spacial score (nSPS) is 19.9. The highest BCUT2D eigenvalue weighted by Gasteiger charge is 2.25. The van der Waals surface area contributed by atoms with Crippen LogP contribution in [-0.2, 0) is 6.54 Å². The van der Waals surface area contributed by atoms with Crippen molar-refractivity contribution >= 4 is 5.91 Å². The van der Waals surface area contributed by atoms with Crippen molar-refractivity contribution in [1.29, 1.82) is 0 Å². The van der Waals surface area contributed by atoms with Crippen LogP contribution >= 0.6 is 0 Å². The molecule has 4 heterocycles. The van der Waals surface area contributed by atoms with E-state index in [2.05, 4.69) is 31.7 Å². The lowest BCUT2D eigenvalue weighted by atomic mass is 10.0. The molecule has 7 nitrogen and oxygen atoms in total. The van der Waals surface area contributed by atoms with Crippen molar-refractivity contribution in [2.24, 2.45) is 0 Å². The summed E-state index contributed by atoms with van der Waals surface area (Å²) in [5.74, 6) is 0.00853. The van der Waals surface area contributed by atoms with E-state index in [1.807, 2.05) is 29.1 Å². The van der Waals surface area contributed by atoms with Crippen LogP contribution in [0.2, 0.25) is 0 Å². The van der Waals surface area contributed by atoms with E-state index in [1.54, 1.807) is 6.20 Å². The van der Waals surface area contributed by atoms with E-state index in [1.165, 1.54) is 0 Å². The van der Waals surface area contributed by atoms with Gasteiger partial charge in [-0.15, -0.1) is 0 Å². The Morgan fingerprint density at radius 3 is 2.67 bits per heavy atom. The van der Waals surface area contributed by atoms with E-state index in [-0.39, 0.29) is 11.9 Å².